The van der Waals surface area contributed by atoms with E-state index in [-0.39, 0.29) is 17.9 Å². The fourth-order valence-electron chi connectivity index (χ4n) is 2.82. The van der Waals surface area contributed by atoms with Crippen LogP contribution in [0.3, 0.4) is 0 Å². The van der Waals surface area contributed by atoms with Crippen LogP contribution in [0.4, 0.5) is 5.69 Å². The van der Waals surface area contributed by atoms with Crippen LogP contribution in [0, 0.1) is 0 Å². The summed E-state index contributed by atoms with van der Waals surface area (Å²) in [5, 5.41) is 10.4. The summed E-state index contributed by atoms with van der Waals surface area (Å²) in [6, 6.07) is 12.9. The van der Waals surface area contributed by atoms with Crippen LogP contribution >= 0.6 is 23.2 Å². The van der Waals surface area contributed by atoms with Crippen molar-refractivity contribution in [3.63, 3.8) is 0 Å². The first kappa shape index (κ1) is 19.9. The van der Waals surface area contributed by atoms with Crippen molar-refractivity contribution in [2.24, 2.45) is 5.73 Å². The molecular formula is C20H18Cl2N4O2. The lowest BCUT2D eigenvalue weighted by molar-refractivity contribution is -0.117. The van der Waals surface area contributed by atoms with Crippen LogP contribution in [0.1, 0.15) is 27.2 Å². The number of hydrogen-bond acceptors (Lipinski definition) is 4. The molecule has 8 heteroatoms. The lowest BCUT2D eigenvalue weighted by atomic mass is 10.0. The predicted octanol–water partition coefficient (Wildman–Crippen LogP) is 3.78. The van der Waals surface area contributed by atoms with Crippen LogP contribution in [0.2, 0.25) is 10.0 Å². The van der Waals surface area contributed by atoms with E-state index < -0.39 is 5.91 Å². The average Bonchev–Trinajstić information content (AvgIpc) is 3.12. The summed E-state index contributed by atoms with van der Waals surface area (Å²) in [5.41, 5.74) is 8.76. The number of benzene rings is 2. The third kappa shape index (κ3) is 5.12. The molecule has 0 saturated heterocycles. The molecule has 0 spiro atoms. The number of hydrogen-bond donors (Lipinski definition) is 3. The van der Waals surface area contributed by atoms with Gasteiger partial charge in [-0.05, 0) is 28.8 Å². The van der Waals surface area contributed by atoms with Crippen LogP contribution < -0.4 is 11.1 Å². The summed E-state index contributed by atoms with van der Waals surface area (Å²) in [7, 11) is 0. The van der Waals surface area contributed by atoms with Crippen LogP contribution in [-0.4, -0.2) is 21.9 Å². The lowest BCUT2D eigenvalue weighted by Crippen LogP contribution is -2.14. The first-order chi connectivity index (χ1) is 13.4. The van der Waals surface area contributed by atoms with Crippen molar-refractivity contribution in [2.75, 3.05) is 5.32 Å². The highest BCUT2D eigenvalue weighted by Gasteiger charge is 2.11. The number of carbonyl (C=O) groups is 2. The quantitative estimate of drug-likeness (QED) is 0.519. The Labute approximate surface area is 172 Å². The Morgan fingerprint density at radius 3 is 2.43 bits per heavy atom. The maximum absolute atomic E-state index is 12.4. The number of aromatic amines is 1. The molecule has 0 radical (unpaired) electrons. The zero-order valence-corrected chi connectivity index (χ0v) is 16.3. The molecule has 0 unspecified atom stereocenters. The van der Waals surface area contributed by atoms with Gasteiger partial charge in [0.25, 0.3) is 5.91 Å². The molecule has 1 amide bonds. The number of Topliss-reactive ketones (excluding diaryl/α,β-unsaturated/α-hetero) is 1. The summed E-state index contributed by atoms with van der Waals surface area (Å²) in [4.78, 5) is 23.7. The average molecular weight is 417 g/mol. The van der Waals surface area contributed by atoms with E-state index in [1.807, 2.05) is 24.3 Å². The first-order valence-electron chi connectivity index (χ1n) is 8.53. The molecule has 1 heterocycles. The maximum Gasteiger partial charge on any atom is 0.268 e. The van der Waals surface area contributed by atoms with E-state index in [4.69, 9.17) is 28.9 Å². The Hall–Kier alpha value is -2.83. The number of rotatable bonds is 8. The van der Waals surface area contributed by atoms with Gasteiger partial charge in [-0.1, -0.05) is 53.5 Å². The number of amides is 1. The van der Waals surface area contributed by atoms with Gasteiger partial charge < -0.3 is 11.1 Å². The first-order valence-corrected chi connectivity index (χ1v) is 9.28. The minimum atomic E-state index is -0.582. The number of anilines is 1. The molecule has 0 aliphatic heterocycles. The normalized spacial score (nSPS) is 10.6. The fourth-order valence-corrected chi connectivity index (χ4v) is 3.14. The molecule has 0 saturated carbocycles. The highest BCUT2D eigenvalue weighted by molar-refractivity contribution is 6.42. The molecule has 0 fully saturated rings. The van der Waals surface area contributed by atoms with Crippen LogP contribution in [0.5, 0.6) is 0 Å². The third-order valence-electron chi connectivity index (χ3n) is 4.15. The molecule has 0 bridgehead atoms. The minimum absolute atomic E-state index is 0.0781. The summed E-state index contributed by atoms with van der Waals surface area (Å²) in [6.07, 6.45) is 2.10. The molecule has 28 heavy (non-hydrogen) atoms. The van der Waals surface area contributed by atoms with E-state index in [2.05, 4.69) is 15.5 Å². The Balaban J connectivity index is 1.61. The minimum Gasteiger partial charge on any atom is -0.378 e. The SMILES string of the molecule is NC(=O)c1[nH]ncc1NCc1cccc(CC(=O)Cc2ccc(Cl)c(Cl)c2)c1. The Morgan fingerprint density at radius 2 is 1.71 bits per heavy atom. The Bertz CT molecular complexity index is 1020. The van der Waals surface area contributed by atoms with Gasteiger partial charge in [-0.2, -0.15) is 5.10 Å². The van der Waals surface area contributed by atoms with Gasteiger partial charge in [0, 0.05) is 19.4 Å². The number of nitrogens with one attached hydrogen (secondary N) is 2. The van der Waals surface area contributed by atoms with Gasteiger partial charge in [0.05, 0.1) is 21.9 Å². The second kappa shape index (κ2) is 8.91. The predicted molar refractivity (Wildman–Crippen MR) is 110 cm³/mol. The van der Waals surface area contributed by atoms with E-state index in [1.54, 1.807) is 18.2 Å². The number of nitrogens with two attached hydrogens (primary N) is 1. The molecule has 2 aromatic carbocycles. The molecule has 3 aromatic rings. The smallest absolute Gasteiger partial charge is 0.268 e. The number of aromatic nitrogens is 2. The van der Waals surface area contributed by atoms with Gasteiger partial charge >= 0.3 is 0 Å². The van der Waals surface area contributed by atoms with Crippen molar-refractivity contribution < 1.29 is 9.59 Å². The standard InChI is InChI=1S/C20H18Cl2N4O2/c21-16-5-4-13(9-17(16)22)8-15(27)7-12-2-1-3-14(6-12)10-24-18-11-25-26-19(18)20(23)28/h1-6,9,11,24H,7-8,10H2,(H2,23,28)(H,25,26). The number of ketones is 1. The molecule has 1 aromatic heterocycles. The van der Waals surface area contributed by atoms with Crippen molar-refractivity contribution in [2.45, 2.75) is 19.4 Å². The number of carbonyl (C=O) groups excluding carboxylic acids is 2. The number of nitrogens with zero attached hydrogens (tertiary/aromatic N) is 1. The zero-order valence-electron chi connectivity index (χ0n) is 14.8. The van der Waals surface area contributed by atoms with E-state index in [0.717, 1.165) is 16.7 Å². The largest absolute Gasteiger partial charge is 0.378 e. The fraction of sp³-hybridized carbons (Fsp3) is 0.150. The second-order valence-corrected chi connectivity index (χ2v) is 7.15. The Morgan fingerprint density at radius 1 is 1.00 bits per heavy atom. The molecule has 6 nitrogen and oxygen atoms in total. The topological polar surface area (TPSA) is 101 Å². The molecule has 0 aliphatic carbocycles. The van der Waals surface area contributed by atoms with Crippen molar-refractivity contribution in [3.8, 4) is 0 Å². The molecular weight excluding hydrogens is 399 g/mol. The van der Waals surface area contributed by atoms with E-state index in [9.17, 15) is 9.59 Å². The van der Waals surface area contributed by atoms with E-state index in [1.165, 1.54) is 6.20 Å². The lowest BCUT2D eigenvalue weighted by Gasteiger charge is -2.08. The van der Waals surface area contributed by atoms with Gasteiger partial charge in [0.2, 0.25) is 0 Å². The number of halogens is 2. The van der Waals surface area contributed by atoms with Crippen molar-refractivity contribution in [1.29, 1.82) is 0 Å². The van der Waals surface area contributed by atoms with Crippen molar-refractivity contribution in [3.05, 3.63) is 81.1 Å². The summed E-state index contributed by atoms with van der Waals surface area (Å²) < 4.78 is 0. The van der Waals surface area contributed by atoms with Gasteiger partial charge in [0.15, 0.2) is 0 Å². The van der Waals surface area contributed by atoms with Crippen LogP contribution in [0.15, 0.2) is 48.7 Å². The molecule has 0 atom stereocenters. The summed E-state index contributed by atoms with van der Waals surface area (Å²) in [5.74, 6) is -0.504. The van der Waals surface area contributed by atoms with Crippen LogP contribution in [-0.2, 0) is 24.2 Å². The highest BCUT2D eigenvalue weighted by Crippen LogP contribution is 2.23. The molecule has 3 rings (SSSR count). The van der Waals surface area contributed by atoms with E-state index >= 15 is 0 Å². The molecule has 0 aliphatic rings. The molecule has 4 N–H and O–H groups in total. The number of H-pyrrole nitrogens is 1. The Kier molecular flexibility index (Phi) is 6.34. The summed E-state index contributed by atoms with van der Waals surface area (Å²) >= 11 is 11.9. The van der Waals surface area contributed by atoms with Gasteiger partial charge in [-0.15, -0.1) is 0 Å². The van der Waals surface area contributed by atoms with Crippen LogP contribution in [0.25, 0.3) is 0 Å². The molecule has 144 valence electrons. The zero-order chi connectivity index (χ0) is 20.1. The third-order valence-corrected chi connectivity index (χ3v) is 4.89. The van der Waals surface area contributed by atoms with Crippen molar-refractivity contribution >= 4 is 40.6 Å². The van der Waals surface area contributed by atoms with Crippen molar-refractivity contribution in [1.82, 2.24) is 10.2 Å². The van der Waals surface area contributed by atoms with Gasteiger partial charge in [0.1, 0.15) is 11.5 Å². The van der Waals surface area contributed by atoms with E-state index in [0.29, 0.717) is 28.7 Å². The second-order valence-electron chi connectivity index (χ2n) is 6.34. The van der Waals surface area contributed by atoms with Gasteiger partial charge in [-0.3, -0.25) is 14.7 Å². The maximum atomic E-state index is 12.4. The summed E-state index contributed by atoms with van der Waals surface area (Å²) in [6.45, 7) is 0.467. The number of primary amides is 1. The highest BCUT2D eigenvalue weighted by atomic mass is 35.5. The monoisotopic (exact) mass is 416 g/mol. The van der Waals surface area contributed by atoms with Gasteiger partial charge in [-0.25, -0.2) is 0 Å².